The van der Waals surface area contributed by atoms with Crippen molar-refractivity contribution >= 4 is 23.2 Å². The fourth-order valence-electron chi connectivity index (χ4n) is 2.36. The third-order valence-corrected chi connectivity index (χ3v) is 3.89. The maximum Gasteiger partial charge on any atom is 0.257 e. The molecule has 0 aliphatic rings. The zero-order valence-electron chi connectivity index (χ0n) is 12.9. The van der Waals surface area contributed by atoms with Gasteiger partial charge in [-0.2, -0.15) is 0 Å². The standard InChI is InChI=1S/C19H14ClFN2O/c1-12-14(10-11-16(22-12)13-6-3-2-4-7-13)19(24)23-17-9-5-8-15(20)18(17)21/h2-11H,1H3,(H,23,24). The second-order valence-electron chi connectivity index (χ2n) is 5.25. The summed E-state index contributed by atoms with van der Waals surface area (Å²) in [5, 5.41) is 2.49. The molecule has 3 aromatic rings. The summed E-state index contributed by atoms with van der Waals surface area (Å²) in [7, 11) is 0. The van der Waals surface area contributed by atoms with E-state index in [-0.39, 0.29) is 10.7 Å². The van der Waals surface area contributed by atoms with Gasteiger partial charge in [-0.3, -0.25) is 9.78 Å². The number of anilines is 1. The van der Waals surface area contributed by atoms with Crippen LogP contribution in [-0.4, -0.2) is 10.9 Å². The largest absolute Gasteiger partial charge is 0.319 e. The van der Waals surface area contributed by atoms with Gasteiger partial charge in [0.25, 0.3) is 5.91 Å². The quantitative estimate of drug-likeness (QED) is 0.720. The van der Waals surface area contributed by atoms with E-state index in [1.54, 1.807) is 25.1 Å². The van der Waals surface area contributed by atoms with Gasteiger partial charge in [-0.05, 0) is 31.2 Å². The molecule has 24 heavy (non-hydrogen) atoms. The molecule has 0 bridgehead atoms. The molecule has 0 unspecified atom stereocenters. The molecule has 0 spiro atoms. The van der Waals surface area contributed by atoms with E-state index in [1.807, 2.05) is 30.3 Å². The van der Waals surface area contributed by atoms with Crippen LogP contribution in [0.15, 0.2) is 60.7 Å². The van der Waals surface area contributed by atoms with Crippen molar-refractivity contribution in [1.29, 1.82) is 0 Å². The Kier molecular flexibility index (Phi) is 4.58. The normalized spacial score (nSPS) is 10.5. The molecule has 3 rings (SSSR count). The maximum absolute atomic E-state index is 13.9. The Morgan fingerprint density at radius 1 is 1.04 bits per heavy atom. The molecule has 5 heteroatoms. The van der Waals surface area contributed by atoms with Crippen molar-refractivity contribution < 1.29 is 9.18 Å². The number of hydrogen-bond donors (Lipinski definition) is 1. The smallest absolute Gasteiger partial charge is 0.257 e. The van der Waals surface area contributed by atoms with E-state index in [4.69, 9.17) is 11.6 Å². The van der Waals surface area contributed by atoms with Crippen molar-refractivity contribution in [3.63, 3.8) is 0 Å². The van der Waals surface area contributed by atoms with Crippen LogP contribution in [0.25, 0.3) is 11.3 Å². The maximum atomic E-state index is 13.9. The zero-order chi connectivity index (χ0) is 17.1. The van der Waals surface area contributed by atoms with Crippen LogP contribution in [0.3, 0.4) is 0 Å². The average molecular weight is 341 g/mol. The summed E-state index contributed by atoms with van der Waals surface area (Å²) >= 11 is 5.72. The first kappa shape index (κ1) is 16.1. The molecule has 0 aliphatic carbocycles. The molecule has 0 radical (unpaired) electrons. The minimum Gasteiger partial charge on any atom is -0.319 e. The Hall–Kier alpha value is -2.72. The van der Waals surface area contributed by atoms with Gasteiger partial charge < -0.3 is 5.32 Å². The molecule has 1 amide bonds. The van der Waals surface area contributed by atoms with Crippen LogP contribution in [0.5, 0.6) is 0 Å². The number of nitrogens with one attached hydrogen (secondary N) is 1. The third kappa shape index (κ3) is 3.29. The molecule has 1 aromatic heterocycles. The molecule has 1 N–H and O–H groups in total. The number of aromatic nitrogens is 1. The first-order valence-corrected chi connectivity index (χ1v) is 7.72. The predicted octanol–water partition coefficient (Wildman–Crippen LogP) is 5.10. The highest BCUT2D eigenvalue weighted by atomic mass is 35.5. The van der Waals surface area contributed by atoms with Gasteiger partial charge in [-0.15, -0.1) is 0 Å². The second-order valence-corrected chi connectivity index (χ2v) is 5.66. The lowest BCUT2D eigenvalue weighted by Crippen LogP contribution is -2.15. The summed E-state index contributed by atoms with van der Waals surface area (Å²) in [5.41, 5.74) is 2.73. The van der Waals surface area contributed by atoms with E-state index in [1.165, 1.54) is 12.1 Å². The number of amides is 1. The van der Waals surface area contributed by atoms with Crippen LogP contribution in [0.4, 0.5) is 10.1 Å². The lowest BCUT2D eigenvalue weighted by Gasteiger charge is -2.10. The molecule has 0 atom stereocenters. The molecule has 2 aromatic carbocycles. The second kappa shape index (κ2) is 6.81. The number of rotatable bonds is 3. The Morgan fingerprint density at radius 3 is 2.50 bits per heavy atom. The van der Waals surface area contributed by atoms with Crippen LogP contribution in [0.1, 0.15) is 16.1 Å². The zero-order valence-corrected chi connectivity index (χ0v) is 13.6. The van der Waals surface area contributed by atoms with Crippen LogP contribution >= 0.6 is 11.6 Å². The van der Waals surface area contributed by atoms with Crippen LogP contribution in [0.2, 0.25) is 5.02 Å². The molecular weight excluding hydrogens is 327 g/mol. The molecule has 0 saturated carbocycles. The number of hydrogen-bond acceptors (Lipinski definition) is 2. The monoisotopic (exact) mass is 340 g/mol. The summed E-state index contributed by atoms with van der Waals surface area (Å²) < 4.78 is 13.9. The highest BCUT2D eigenvalue weighted by Crippen LogP contribution is 2.23. The number of benzene rings is 2. The fourth-order valence-corrected chi connectivity index (χ4v) is 2.54. The highest BCUT2D eigenvalue weighted by molar-refractivity contribution is 6.31. The van der Waals surface area contributed by atoms with Gasteiger partial charge in [0.2, 0.25) is 0 Å². The van der Waals surface area contributed by atoms with E-state index in [2.05, 4.69) is 10.3 Å². The first-order chi connectivity index (χ1) is 11.6. The van der Waals surface area contributed by atoms with Gasteiger partial charge in [-0.25, -0.2) is 4.39 Å². The predicted molar refractivity (Wildman–Crippen MR) is 93.8 cm³/mol. The van der Waals surface area contributed by atoms with Gasteiger partial charge >= 0.3 is 0 Å². The molecule has 3 nitrogen and oxygen atoms in total. The summed E-state index contributed by atoms with van der Waals surface area (Å²) in [6.45, 7) is 1.75. The Balaban J connectivity index is 1.87. The number of carbonyl (C=O) groups excluding carboxylic acids is 1. The number of halogens is 2. The lowest BCUT2D eigenvalue weighted by molar-refractivity contribution is 0.102. The minimum absolute atomic E-state index is 0.0397. The summed E-state index contributed by atoms with van der Waals surface area (Å²) in [6.07, 6.45) is 0. The van der Waals surface area contributed by atoms with Crippen LogP contribution in [0, 0.1) is 12.7 Å². The van der Waals surface area contributed by atoms with Crippen LogP contribution < -0.4 is 5.32 Å². The number of carbonyl (C=O) groups is 1. The topological polar surface area (TPSA) is 42.0 Å². The number of aryl methyl sites for hydroxylation is 1. The van der Waals surface area contributed by atoms with Crippen molar-refractivity contribution in [3.05, 3.63) is 82.8 Å². The van der Waals surface area contributed by atoms with Crippen LogP contribution in [-0.2, 0) is 0 Å². The average Bonchev–Trinajstić information content (AvgIpc) is 2.59. The van der Waals surface area contributed by atoms with Crippen molar-refractivity contribution in [2.45, 2.75) is 6.92 Å². The molecule has 0 fully saturated rings. The van der Waals surface area contributed by atoms with E-state index >= 15 is 0 Å². The van der Waals surface area contributed by atoms with E-state index in [0.29, 0.717) is 11.3 Å². The SMILES string of the molecule is Cc1nc(-c2ccccc2)ccc1C(=O)Nc1cccc(Cl)c1F. The molecule has 120 valence electrons. The summed E-state index contributed by atoms with van der Waals surface area (Å²) in [4.78, 5) is 16.9. The van der Waals surface area contributed by atoms with Gasteiger partial charge in [0, 0.05) is 5.56 Å². The summed E-state index contributed by atoms with van der Waals surface area (Å²) in [5.74, 6) is -1.08. The van der Waals surface area contributed by atoms with Crippen molar-refractivity contribution in [2.24, 2.45) is 0 Å². The highest BCUT2D eigenvalue weighted by Gasteiger charge is 2.14. The molecule has 1 heterocycles. The van der Waals surface area contributed by atoms with E-state index in [0.717, 1.165) is 11.3 Å². The van der Waals surface area contributed by atoms with Crippen molar-refractivity contribution in [1.82, 2.24) is 4.98 Å². The van der Waals surface area contributed by atoms with Crippen molar-refractivity contribution in [3.8, 4) is 11.3 Å². The fraction of sp³-hybridized carbons (Fsp3) is 0.0526. The minimum atomic E-state index is -0.654. The number of nitrogens with zero attached hydrogens (tertiary/aromatic N) is 1. The molecule has 0 aliphatic heterocycles. The Morgan fingerprint density at radius 2 is 1.79 bits per heavy atom. The van der Waals surface area contributed by atoms with Gasteiger partial charge in [0.1, 0.15) is 0 Å². The summed E-state index contributed by atoms with van der Waals surface area (Å²) in [6, 6.07) is 17.6. The third-order valence-electron chi connectivity index (χ3n) is 3.60. The first-order valence-electron chi connectivity index (χ1n) is 7.34. The number of pyridine rings is 1. The van der Waals surface area contributed by atoms with Crippen molar-refractivity contribution in [2.75, 3.05) is 5.32 Å². The van der Waals surface area contributed by atoms with Gasteiger partial charge in [0.05, 0.1) is 27.7 Å². The molecule has 0 saturated heterocycles. The molecular formula is C19H14ClFN2O. The van der Waals surface area contributed by atoms with Gasteiger partial charge in [0.15, 0.2) is 5.82 Å². The Bertz CT molecular complexity index is 897. The van der Waals surface area contributed by atoms with E-state index < -0.39 is 11.7 Å². The van der Waals surface area contributed by atoms with E-state index in [9.17, 15) is 9.18 Å². The lowest BCUT2D eigenvalue weighted by atomic mass is 10.1. The van der Waals surface area contributed by atoms with Gasteiger partial charge in [-0.1, -0.05) is 48.0 Å². The Labute approximate surface area is 144 Å².